The number of aromatic nitrogens is 2. The zero-order chi connectivity index (χ0) is 43.3. The van der Waals surface area contributed by atoms with Crippen LogP contribution in [0.3, 0.4) is 0 Å². The van der Waals surface area contributed by atoms with Gasteiger partial charge in [0.25, 0.3) is 0 Å². The molecule has 304 valence electrons. The molecule has 2 heterocycles. The van der Waals surface area contributed by atoms with E-state index in [1.54, 1.807) is 0 Å². The van der Waals surface area contributed by atoms with Gasteiger partial charge in [0.2, 0.25) is 0 Å². The maximum absolute atomic E-state index is 7.79. The molecule has 0 aliphatic carbocycles. The second kappa shape index (κ2) is 15.7. The van der Waals surface area contributed by atoms with Gasteiger partial charge in [-0.1, -0.05) is 200 Å². The van der Waals surface area contributed by atoms with Crippen LogP contribution < -0.4 is 20.7 Å². The van der Waals surface area contributed by atoms with E-state index in [4.69, 9.17) is 6.57 Å². The van der Waals surface area contributed by atoms with E-state index < -0.39 is 8.07 Å². The molecule has 2 aromatic heterocycles. The van der Waals surface area contributed by atoms with Crippen molar-refractivity contribution in [3.8, 4) is 33.6 Å². The summed E-state index contributed by atoms with van der Waals surface area (Å²) in [5, 5.41) is 10.1. The molecule has 0 aliphatic heterocycles. The molecule has 0 atom stereocenters. The number of hydrogen-bond acceptors (Lipinski definition) is 0. The zero-order valence-electron chi connectivity index (χ0n) is 35.5. The minimum Gasteiger partial charge on any atom is -0.310 e. The van der Waals surface area contributed by atoms with Gasteiger partial charge in [0, 0.05) is 38.5 Å². The largest absolute Gasteiger partial charge is 0.310 e. The Kier molecular flexibility index (Phi) is 9.22. The third-order valence-electron chi connectivity index (χ3n) is 13.2. The molecule has 0 amide bonds. The van der Waals surface area contributed by atoms with E-state index in [0.29, 0.717) is 5.69 Å². The molecular formula is C61H41N3Si. The van der Waals surface area contributed by atoms with E-state index >= 15 is 0 Å². The van der Waals surface area contributed by atoms with Gasteiger partial charge < -0.3 is 9.13 Å². The minimum atomic E-state index is -2.91. The molecule has 0 aliphatic rings. The second-order valence-electron chi connectivity index (χ2n) is 16.7. The molecule has 65 heavy (non-hydrogen) atoms. The lowest BCUT2D eigenvalue weighted by Crippen LogP contribution is -2.74. The Morgan fingerprint density at radius 3 is 1.54 bits per heavy atom. The fraction of sp³-hybridized carbons (Fsp3) is 0. The summed E-state index contributed by atoms with van der Waals surface area (Å²) in [4.78, 5) is 3.79. The minimum absolute atomic E-state index is 0.623. The van der Waals surface area contributed by atoms with Crippen molar-refractivity contribution in [1.29, 1.82) is 0 Å². The van der Waals surface area contributed by atoms with Crippen LogP contribution in [0.4, 0.5) is 5.69 Å². The molecule has 3 nitrogen and oxygen atoms in total. The molecule has 10 aromatic carbocycles. The van der Waals surface area contributed by atoms with Crippen LogP contribution in [-0.4, -0.2) is 17.2 Å². The van der Waals surface area contributed by atoms with Crippen molar-refractivity contribution in [2.45, 2.75) is 0 Å². The predicted molar refractivity (Wildman–Crippen MR) is 276 cm³/mol. The van der Waals surface area contributed by atoms with Crippen molar-refractivity contribution in [2.24, 2.45) is 0 Å². The molecule has 4 heteroatoms. The summed E-state index contributed by atoms with van der Waals surface area (Å²) in [6.07, 6.45) is 0. The molecule has 0 spiro atoms. The predicted octanol–water partition coefficient (Wildman–Crippen LogP) is 13.1. The molecular weight excluding hydrogens is 803 g/mol. The fourth-order valence-electron chi connectivity index (χ4n) is 10.5. The van der Waals surface area contributed by atoms with E-state index in [0.717, 1.165) is 44.6 Å². The summed E-state index contributed by atoms with van der Waals surface area (Å²) < 4.78 is 4.79. The smallest absolute Gasteiger partial charge is 0.189 e. The lowest BCUT2D eigenvalue weighted by atomic mass is 10.00. The first-order valence-corrected chi connectivity index (χ1v) is 24.1. The van der Waals surface area contributed by atoms with E-state index in [-0.39, 0.29) is 0 Å². The Bertz CT molecular complexity index is 3740. The van der Waals surface area contributed by atoms with Crippen LogP contribution in [0.2, 0.25) is 0 Å². The highest BCUT2D eigenvalue weighted by Gasteiger charge is 2.42. The molecule has 12 rings (SSSR count). The highest BCUT2D eigenvalue weighted by Crippen LogP contribution is 2.41. The van der Waals surface area contributed by atoms with Gasteiger partial charge in [-0.2, -0.15) is 0 Å². The number of rotatable bonds is 8. The summed E-state index contributed by atoms with van der Waals surface area (Å²) in [6, 6.07) is 90.8. The van der Waals surface area contributed by atoms with Crippen molar-refractivity contribution in [3.05, 3.63) is 260 Å². The number of nitrogens with zero attached hydrogens (tertiary/aromatic N) is 3. The van der Waals surface area contributed by atoms with E-state index in [9.17, 15) is 0 Å². The van der Waals surface area contributed by atoms with Crippen molar-refractivity contribution < 1.29 is 0 Å². The molecule has 0 N–H and O–H groups in total. The molecule has 0 saturated carbocycles. The van der Waals surface area contributed by atoms with Crippen molar-refractivity contribution in [2.75, 3.05) is 0 Å². The van der Waals surface area contributed by atoms with Crippen LogP contribution in [-0.2, 0) is 0 Å². The van der Waals surface area contributed by atoms with Crippen LogP contribution in [0.15, 0.2) is 249 Å². The van der Waals surface area contributed by atoms with Crippen molar-refractivity contribution >= 4 is 78.1 Å². The maximum Gasteiger partial charge on any atom is 0.189 e. The van der Waals surface area contributed by atoms with Gasteiger partial charge in [0.1, 0.15) is 0 Å². The Morgan fingerprint density at radius 2 is 0.831 bits per heavy atom. The second-order valence-corrected chi connectivity index (χ2v) is 20.6. The maximum atomic E-state index is 7.79. The van der Waals surface area contributed by atoms with Gasteiger partial charge >= 0.3 is 0 Å². The topological polar surface area (TPSA) is 14.2 Å². The quantitative estimate of drug-likeness (QED) is 0.0822. The highest BCUT2D eigenvalue weighted by molar-refractivity contribution is 7.20. The van der Waals surface area contributed by atoms with Crippen LogP contribution in [0, 0.1) is 6.57 Å². The van der Waals surface area contributed by atoms with Gasteiger partial charge in [-0.25, -0.2) is 4.85 Å². The summed E-state index contributed by atoms with van der Waals surface area (Å²) >= 11 is 0. The van der Waals surface area contributed by atoms with Gasteiger partial charge in [0.15, 0.2) is 13.8 Å². The van der Waals surface area contributed by atoms with Crippen molar-refractivity contribution in [1.82, 2.24) is 9.13 Å². The first-order valence-electron chi connectivity index (χ1n) is 22.1. The summed E-state index contributed by atoms with van der Waals surface area (Å²) in [7, 11) is -2.91. The average molecular weight is 844 g/mol. The Balaban J connectivity index is 1.08. The molecule has 0 fully saturated rings. The standard InChI is InChI=1S/C61H41N3Si/c1-62-46-22-16-23-47(41-46)64-59-36-14-11-31-54(59)56-34-18-33-53(61(56)64)45-37-38-60-57(40-45)55-32-12-13-35-58(55)63(60)48-24-17-30-52(42-48)65(49-25-7-3-8-26-49,50-27-9-4-10-28-50)51-29-15-21-44(39-51)43-19-5-2-6-20-43/h2-42H. The third kappa shape index (κ3) is 6.17. The number of hydrogen-bond donors (Lipinski definition) is 0. The van der Waals surface area contributed by atoms with Gasteiger partial charge in [0.05, 0.1) is 28.6 Å². The van der Waals surface area contributed by atoms with E-state index in [1.807, 2.05) is 18.2 Å². The average Bonchev–Trinajstić information content (AvgIpc) is 3.91. The number of fused-ring (bicyclic) bond motifs is 6. The zero-order valence-corrected chi connectivity index (χ0v) is 36.5. The van der Waals surface area contributed by atoms with Crippen LogP contribution in [0.25, 0.3) is 82.1 Å². The van der Waals surface area contributed by atoms with E-state index in [1.165, 1.54) is 53.4 Å². The Hall–Kier alpha value is -8.49. The van der Waals surface area contributed by atoms with E-state index in [2.05, 4.69) is 245 Å². The molecule has 0 unspecified atom stereocenters. The fourth-order valence-corrected chi connectivity index (χ4v) is 15.3. The van der Waals surface area contributed by atoms with Gasteiger partial charge in [-0.05, 0) is 86.0 Å². The lowest BCUT2D eigenvalue weighted by molar-refractivity contribution is 1.18. The Labute approximate surface area is 379 Å². The first kappa shape index (κ1) is 38.2. The third-order valence-corrected chi connectivity index (χ3v) is 18.0. The van der Waals surface area contributed by atoms with Gasteiger partial charge in [-0.3, -0.25) is 0 Å². The first-order chi connectivity index (χ1) is 32.2. The summed E-state index contributed by atoms with van der Waals surface area (Å²) in [6.45, 7) is 7.79. The SMILES string of the molecule is [C-]#[N+]c1cccc(-n2c3ccccc3c3cccc(-c4ccc5c(c4)c4ccccc4n5-c4cccc([Si](c5ccccc5)(c5ccccc5)c5cccc(-c6ccccc6)c5)c4)c32)c1. The van der Waals surface area contributed by atoms with Crippen LogP contribution in [0.5, 0.6) is 0 Å². The highest BCUT2D eigenvalue weighted by atomic mass is 28.3. The summed E-state index contributed by atoms with van der Waals surface area (Å²) in [5.41, 5.74) is 12.0. The normalized spacial score (nSPS) is 11.7. The van der Waals surface area contributed by atoms with Gasteiger partial charge in [-0.15, -0.1) is 0 Å². The monoisotopic (exact) mass is 843 g/mol. The van der Waals surface area contributed by atoms with Crippen LogP contribution >= 0.6 is 0 Å². The number of benzene rings is 10. The molecule has 12 aromatic rings. The lowest BCUT2D eigenvalue weighted by Gasteiger charge is -2.35. The molecule has 0 saturated heterocycles. The molecule has 0 radical (unpaired) electrons. The van der Waals surface area contributed by atoms with Crippen molar-refractivity contribution in [3.63, 3.8) is 0 Å². The number of para-hydroxylation sites is 3. The summed E-state index contributed by atoms with van der Waals surface area (Å²) in [5.74, 6) is 0. The Morgan fingerprint density at radius 1 is 0.323 bits per heavy atom. The molecule has 0 bridgehead atoms. The van der Waals surface area contributed by atoms with Crippen LogP contribution in [0.1, 0.15) is 0 Å².